The number of hydrogen-bond acceptors (Lipinski definition) is 6. The Balaban J connectivity index is 1.35. The van der Waals surface area contributed by atoms with Crippen molar-refractivity contribution in [3.63, 3.8) is 0 Å². The fourth-order valence-corrected chi connectivity index (χ4v) is 5.44. The molecule has 2 heterocycles. The third-order valence-corrected chi connectivity index (χ3v) is 7.87. The first-order valence-corrected chi connectivity index (χ1v) is 14.9. The number of nitrogens with zero attached hydrogens (tertiary/aromatic N) is 4. The van der Waals surface area contributed by atoms with Gasteiger partial charge in [-0.05, 0) is 47.7 Å². The van der Waals surface area contributed by atoms with Gasteiger partial charge in [0.2, 0.25) is 11.9 Å². The summed E-state index contributed by atoms with van der Waals surface area (Å²) in [5, 5.41) is 9.05. The summed E-state index contributed by atoms with van der Waals surface area (Å²) >= 11 is 0. The number of carbonyl (C=O) groups excluding carboxylic acids is 1. The fraction of sp³-hybridized carbons (Fsp3) is 0.375. The molecule has 1 atom stereocenters. The number of alkyl halides is 6. The largest absolute Gasteiger partial charge is 0.416 e. The van der Waals surface area contributed by atoms with E-state index >= 15 is 0 Å². The summed E-state index contributed by atoms with van der Waals surface area (Å²) in [6, 6.07) is 10.5. The zero-order chi connectivity index (χ0) is 32.7. The highest BCUT2D eigenvalue weighted by Gasteiger charge is 2.31. The number of rotatable bonds is 11. The standard InChI is InChI=1S/C32H33F6N7O/c33-31(34,35)24-11-9-22(10-12-24)18-40-29(46)26(16-21-5-2-1-3-6-21)42-27-17-28(45-14-13-39-20-45)44-30(43-27)41-19-23-7-4-8-25(15-23)32(36,37)38/h4,7-15,17,20-21,26H,1-3,5-6,16,18-19H2,(H,40,46)(H2,41,42,43,44)/t26-/m1/s1. The molecule has 1 aliphatic carbocycles. The highest BCUT2D eigenvalue weighted by Crippen LogP contribution is 2.31. The highest BCUT2D eigenvalue weighted by atomic mass is 19.4. The molecular formula is C32H33F6N7O. The number of aromatic nitrogens is 4. The van der Waals surface area contributed by atoms with Crippen LogP contribution in [0.5, 0.6) is 0 Å². The normalized spacial score (nSPS) is 14.9. The van der Waals surface area contributed by atoms with Crippen LogP contribution in [-0.2, 0) is 30.2 Å². The van der Waals surface area contributed by atoms with Gasteiger partial charge in [0.1, 0.15) is 24.0 Å². The number of benzene rings is 2. The molecule has 0 radical (unpaired) electrons. The molecule has 244 valence electrons. The van der Waals surface area contributed by atoms with Gasteiger partial charge >= 0.3 is 12.4 Å². The van der Waals surface area contributed by atoms with Gasteiger partial charge < -0.3 is 16.0 Å². The van der Waals surface area contributed by atoms with Crippen LogP contribution in [0, 0.1) is 5.92 Å². The molecule has 0 saturated heterocycles. The Bertz CT molecular complexity index is 1580. The van der Waals surface area contributed by atoms with Crippen molar-refractivity contribution >= 4 is 17.7 Å². The van der Waals surface area contributed by atoms with E-state index in [0.29, 0.717) is 29.2 Å². The van der Waals surface area contributed by atoms with Gasteiger partial charge in [-0.25, -0.2) is 4.98 Å². The smallest absolute Gasteiger partial charge is 0.358 e. The summed E-state index contributed by atoms with van der Waals surface area (Å²) in [5.41, 5.74) is -0.647. The Morgan fingerprint density at radius 2 is 1.61 bits per heavy atom. The van der Waals surface area contributed by atoms with Crippen molar-refractivity contribution in [2.45, 2.75) is 70.0 Å². The molecule has 46 heavy (non-hydrogen) atoms. The first kappa shape index (κ1) is 32.8. The van der Waals surface area contributed by atoms with Crippen LogP contribution >= 0.6 is 0 Å². The number of amides is 1. The number of halogens is 6. The van der Waals surface area contributed by atoms with E-state index in [-0.39, 0.29) is 30.9 Å². The lowest BCUT2D eigenvalue weighted by atomic mass is 9.84. The first-order valence-electron chi connectivity index (χ1n) is 14.9. The second-order valence-electron chi connectivity index (χ2n) is 11.3. The van der Waals surface area contributed by atoms with Crippen molar-refractivity contribution in [3.05, 3.63) is 95.6 Å². The number of imidazole rings is 1. The van der Waals surface area contributed by atoms with Crippen molar-refractivity contribution in [1.82, 2.24) is 24.8 Å². The summed E-state index contributed by atoms with van der Waals surface area (Å²) in [6.07, 6.45) is 1.53. The van der Waals surface area contributed by atoms with E-state index in [1.807, 2.05) is 0 Å². The van der Waals surface area contributed by atoms with Crippen LogP contribution < -0.4 is 16.0 Å². The fourth-order valence-electron chi connectivity index (χ4n) is 5.44. The minimum atomic E-state index is -4.48. The Labute approximate surface area is 261 Å². The molecule has 8 nitrogen and oxygen atoms in total. The zero-order valence-corrected chi connectivity index (χ0v) is 24.7. The van der Waals surface area contributed by atoms with Gasteiger partial charge in [0.05, 0.1) is 11.1 Å². The number of anilines is 2. The molecule has 5 rings (SSSR count). The number of nitrogens with one attached hydrogen (secondary N) is 3. The number of hydrogen-bond donors (Lipinski definition) is 3. The summed E-state index contributed by atoms with van der Waals surface area (Å²) in [4.78, 5) is 26.6. The lowest BCUT2D eigenvalue weighted by molar-refractivity contribution is -0.138. The van der Waals surface area contributed by atoms with E-state index < -0.39 is 29.5 Å². The van der Waals surface area contributed by atoms with Gasteiger partial charge in [-0.15, -0.1) is 0 Å². The molecule has 14 heteroatoms. The number of carbonyl (C=O) groups is 1. The van der Waals surface area contributed by atoms with Crippen molar-refractivity contribution < 1.29 is 31.1 Å². The molecule has 1 fully saturated rings. The molecule has 0 bridgehead atoms. The van der Waals surface area contributed by atoms with E-state index in [4.69, 9.17) is 0 Å². The molecule has 2 aromatic carbocycles. The van der Waals surface area contributed by atoms with Gasteiger partial charge in [-0.2, -0.15) is 36.3 Å². The first-order chi connectivity index (χ1) is 21.9. The summed E-state index contributed by atoms with van der Waals surface area (Å²) in [7, 11) is 0. The minimum absolute atomic E-state index is 0.00978. The SMILES string of the molecule is O=C(NCc1ccc(C(F)(F)F)cc1)[C@@H](CC1CCCCC1)Nc1cc(-n2ccnc2)nc(NCc2cccc(C(F)(F)F)c2)n1. The average molecular weight is 646 g/mol. The van der Waals surface area contributed by atoms with Crippen LogP contribution in [0.2, 0.25) is 0 Å². The van der Waals surface area contributed by atoms with Crippen LogP contribution in [0.3, 0.4) is 0 Å². The third kappa shape index (κ3) is 8.98. The van der Waals surface area contributed by atoms with Gasteiger partial charge in [0.15, 0.2) is 0 Å². The van der Waals surface area contributed by atoms with Crippen LogP contribution in [0.1, 0.15) is 60.8 Å². The van der Waals surface area contributed by atoms with Crippen LogP contribution in [0.15, 0.2) is 73.3 Å². The van der Waals surface area contributed by atoms with E-state index in [1.54, 1.807) is 29.1 Å². The van der Waals surface area contributed by atoms with Crippen molar-refractivity contribution in [2.24, 2.45) is 5.92 Å². The van der Waals surface area contributed by atoms with E-state index in [1.165, 1.54) is 24.5 Å². The van der Waals surface area contributed by atoms with Gasteiger partial charge in [0, 0.05) is 31.5 Å². The van der Waals surface area contributed by atoms with Crippen LogP contribution in [-0.4, -0.2) is 31.5 Å². The highest BCUT2D eigenvalue weighted by molar-refractivity contribution is 5.84. The van der Waals surface area contributed by atoms with Crippen LogP contribution in [0.4, 0.5) is 38.1 Å². The van der Waals surface area contributed by atoms with E-state index in [0.717, 1.165) is 56.4 Å². The minimum Gasteiger partial charge on any atom is -0.358 e. The molecule has 2 aromatic heterocycles. The van der Waals surface area contributed by atoms with Crippen molar-refractivity contribution in [3.8, 4) is 5.82 Å². The maximum Gasteiger partial charge on any atom is 0.416 e. The molecular weight excluding hydrogens is 612 g/mol. The third-order valence-electron chi connectivity index (χ3n) is 7.87. The molecule has 1 saturated carbocycles. The Morgan fingerprint density at radius 3 is 2.28 bits per heavy atom. The molecule has 0 spiro atoms. The lowest BCUT2D eigenvalue weighted by Crippen LogP contribution is -2.41. The summed E-state index contributed by atoms with van der Waals surface area (Å²) < 4.78 is 80.2. The molecule has 0 unspecified atom stereocenters. The molecule has 3 N–H and O–H groups in total. The van der Waals surface area contributed by atoms with E-state index in [9.17, 15) is 31.1 Å². The topological polar surface area (TPSA) is 96.8 Å². The van der Waals surface area contributed by atoms with Crippen molar-refractivity contribution in [2.75, 3.05) is 10.6 Å². The lowest BCUT2D eigenvalue weighted by Gasteiger charge is -2.27. The van der Waals surface area contributed by atoms with Gasteiger partial charge in [0.25, 0.3) is 0 Å². The molecule has 0 aliphatic heterocycles. The second kappa shape index (κ2) is 14.2. The molecule has 1 aliphatic rings. The molecule has 1 amide bonds. The maximum atomic E-state index is 13.5. The van der Waals surface area contributed by atoms with Crippen molar-refractivity contribution in [1.29, 1.82) is 0 Å². The Morgan fingerprint density at radius 1 is 0.870 bits per heavy atom. The maximum absolute atomic E-state index is 13.5. The quantitative estimate of drug-likeness (QED) is 0.147. The monoisotopic (exact) mass is 645 g/mol. The average Bonchev–Trinajstić information content (AvgIpc) is 3.58. The predicted molar refractivity (Wildman–Crippen MR) is 160 cm³/mol. The summed E-state index contributed by atoms with van der Waals surface area (Å²) in [6.45, 7) is 0.0452. The predicted octanol–water partition coefficient (Wildman–Crippen LogP) is 7.38. The Kier molecular flexibility index (Phi) is 10.1. The van der Waals surface area contributed by atoms with E-state index in [2.05, 4.69) is 30.9 Å². The Hall–Kier alpha value is -4.62. The second-order valence-corrected chi connectivity index (χ2v) is 11.3. The van der Waals surface area contributed by atoms with Gasteiger partial charge in [-0.3, -0.25) is 9.36 Å². The van der Waals surface area contributed by atoms with Gasteiger partial charge in [-0.1, -0.05) is 56.4 Å². The zero-order valence-electron chi connectivity index (χ0n) is 24.7. The van der Waals surface area contributed by atoms with Crippen LogP contribution in [0.25, 0.3) is 5.82 Å². The molecule has 4 aromatic rings. The summed E-state index contributed by atoms with van der Waals surface area (Å²) in [5.74, 6) is 0.773.